The Balaban J connectivity index is 0.00000240. The number of fused-ring (bicyclic) bond motifs is 1. The molecule has 9 nitrogen and oxygen atoms in total. The molecule has 2 aromatic heterocycles. The number of hydrogen-bond acceptors (Lipinski definition) is 4. The number of halogens is 1. The lowest BCUT2D eigenvalue weighted by atomic mass is 10.2. The summed E-state index contributed by atoms with van der Waals surface area (Å²) >= 11 is 0. The summed E-state index contributed by atoms with van der Waals surface area (Å²) in [6.07, 6.45) is 9.20. The van der Waals surface area contributed by atoms with Gasteiger partial charge < -0.3 is 19.7 Å². The third kappa shape index (κ3) is 4.90. The highest BCUT2D eigenvalue weighted by molar-refractivity contribution is 14.0. The number of carbonyl (C=O) groups is 1. The summed E-state index contributed by atoms with van der Waals surface area (Å²) in [6.45, 7) is 6.03. The van der Waals surface area contributed by atoms with Gasteiger partial charge in [0.1, 0.15) is 12.4 Å². The molecular weight excluding hydrogens is 483 g/mol. The molecule has 4 heterocycles. The largest absolute Gasteiger partial charge is 0.356 e. The van der Waals surface area contributed by atoms with E-state index in [0.29, 0.717) is 19.6 Å². The van der Waals surface area contributed by atoms with Crippen LogP contribution in [0, 0.1) is 0 Å². The highest BCUT2D eigenvalue weighted by Gasteiger charge is 2.27. The first-order chi connectivity index (χ1) is 13.6. The standard InChI is InChI=1S/C19H28N8O.HI/c1-3-20-19(21-10-15-12-25-7-5-4-6-17(25)23-15)26-8-9-27(18(28)14-26)16-11-22-24(2)13-16;/h11-13H,3-10,14H2,1-2H3,(H,20,21);1H. The Morgan fingerprint density at radius 3 is 2.79 bits per heavy atom. The van der Waals surface area contributed by atoms with Crippen molar-refractivity contribution in [2.75, 3.05) is 31.1 Å². The third-order valence-electron chi connectivity index (χ3n) is 5.21. The Kier molecular flexibility index (Phi) is 7.14. The normalized spacial score (nSPS) is 17.2. The van der Waals surface area contributed by atoms with Gasteiger partial charge in [0.15, 0.2) is 5.96 Å². The SMILES string of the molecule is CCNC(=NCc1cn2c(n1)CCCC2)N1CCN(c2cnn(C)c2)C(=O)C1.I. The molecule has 0 aromatic carbocycles. The van der Waals surface area contributed by atoms with E-state index in [-0.39, 0.29) is 29.9 Å². The number of imidazole rings is 1. The van der Waals surface area contributed by atoms with E-state index in [1.54, 1.807) is 15.8 Å². The topological polar surface area (TPSA) is 83.6 Å². The first kappa shape index (κ1) is 21.6. The van der Waals surface area contributed by atoms with Crippen LogP contribution in [0.25, 0.3) is 0 Å². The molecule has 0 spiro atoms. The molecule has 0 bridgehead atoms. The van der Waals surface area contributed by atoms with E-state index in [1.165, 1.54) is 18.7 Å². The maximum Gasteiger partial charge on any atom is 0.246 e. The number of aryl methyl sites for hydroxylation is 3. The van der Waals surface area contributed by atoms with Gasteiger partial charge in [0, 0.05) is 52.0 Å². The van der Waals surface area contributed by atoms with E-state index in [0.717, 1.165) is 43.4 Å². The predicted molar refractivity (Wildman–Crippen MR) is 123 cm³/mol. The van der Waals surface area contributed by atoms with Crippen LogP contribution in [0.4, 0.5) is 5.69 Å². The van der Waals surface area contributed by atoms with Crippen LogP contribution in [-0.2, 0) is 31.4 Å². The number of nitrogens with zero attached hydrogens (tertiary/aromatic N) is 7. The maximum absolute atomic E-state index is 12.7. The molecule has 0 radical (unpaired) electrons. The Morgan fingerprint density at radius 1 is 1.24 bits per heavy atom. The van der Waals surface area contributed by atoms with Gasteiger partial charge in [0.05, 0.1) is 24.1 Å². The average Bonchev–Trinajstić information content (AvgIpc) is 3.30. The van der Waals surface area contributed by atoms with Crippen LogP contribution < -0.4 is 10.2 Å². The van der Waals surface area contributed by atoms with Gasteiger partial charge >= 0.3 is 0 Å². The van der Waals surface area contributed by atoms with Crippen LogP contribution in [0.15, 0.2) is 23.6 Å². The highest BCUT2D eigenvalue weighted by atomic mass is 127. The second kappa shape index (κ2) is 9.59. The fourth-order valence-electron chi connectivity index (χ4n) is 3.80. The first-order valence-electron chi connectivity index (χ1n) is 10.0. The summed E-state index contributed by atoms with van der Waals surface area (Å²) in [5.41, 5.74) is 1.84. The lowest BCUT2D eigenvalue weighted by Crippen LogP contribution is -2.55. The average molecular weight is 512 g/mol. The summed E-state index contributed by atoms with van der Waals surface area (Å²) in [4.78, 5) is 26.0. The van der Waals surface area contributed by atoms with Crippen LogP contribution in [-0.4, -0.2) is 62.3 Å². The van der Waals surface area contributed by atoms with Crippen molar-refractivity contribution in [1.82, 2.24) is 29.5 Å². The lowest BCUT2D eigenvalue weighted by Gasteiger charge is -2.35. The molecule has 0 unspecified atom stereocenters. The van der Waals surface area contributed by atoms with Crippen LogP contribution in [0.3, 0.4) is 0 Å². The second-order valence-electron chi connectivity index (χ2n) is 7.31. The van der Waals surface area contributed by atoms with E-state index < -0.39 is 0 Å². The van der Waals surface area contributed by atoms with Crippen molar-refractivity contribution in [2.45, 2.75) is 39.3 Å². The molecule has 158 valence electrons. The van der Waals surface area contributed by atoms with Gasteiger partial charge in [0.25, 0.3) is 0 Å². The molecule has 2 aliphatic rings. The van der Waals surface area contributed by atoms with Gasteiger partial charge in [-0.3, -0.25) is 9.48 Å². The zero-order valence-electron chi connectivity index (χ0n) is 17.0. The van der Waals surface area contributed by atoms with E-state index >= 15 is 0 Å². The van der Waals surface area contributed by atoms with Crippen molar-refractivity contribution < 1.29 is 4.79 Å². The molecule has 0 atom stereocenters. The molecule has 2 aromatic rings. The van der Waals surface area contributed by atoms with E-state index in [9.17, 15) is 4.79 Å². The van der Waals surface area contributed by atoms with Gasteiger partial charge in [-0.25, -0.2) is 9.98 Å². The van der Waals surface area contributed by atoms with Crippen LogP contribution in [0.5, 0.6) is 0 Å². The molecule has 1 N–H and O–H groups in total. The molecule has 4 rings (SSSR count). The van der Waals surface area contributed by atoms with Gasteiger partial charge in [-0.15, -0.1) is 24.0 Å². The zero-order chi connectivity index (χ0) is 19.5. The van der Waals surface area contributed by atoms with Gasteiger partial charge in [-0.2, -0.15) is 5.10 Å². The number of carbonyl (C=O) groups excluding carboxylic acids is 1. The fourth-order valence-corrected chi connectivity index (χ4v) is 3.80. The van der Waals surface area contributed by atoms with Crippen molar-refractivity contribution in [1.29, 1.82) is 0 Å². The van der Waals surface area contributed by atoms with Crippen molar-refractivity contribution >= 4 is 41.5 Å². The van der Waals surface area contributed by atoms with Crippen LogP contribution >= 0.6 is 24.0 Å². The number of rotatable bonds is 4. The summed E-state index contributed by atoms with van der Waals surface area (Å²) in [5.74, 6) is 2.00. The zero-order valence-corrected chi connectivity index (χ0v) is 19.4. The van der Waals surface area contributed by atoms with Gasteiger partial charge in [0.2, 0.25) is 5.91 Å². The van der Waals surface area contributed by atoms with Gasteiger partial charge in [-0.1, -0.05) is 0 Å². The van der Waals surface area contributed by atoms with Crippen molar-refractivity contribution in [3.63, 3.8) is 0 Å². The minimum Gasteiger partial charge on any atom is -0.356 e. The van der Waals surface area contributed by atoms with Crippen LogP contribution in [0.2, 0.25) is 0 Å². The van der Waals surface area contributed by atoms with Gasteiger partial charge in [-0.05, 0) is 19.8 Å². The Bertz CT molecular complexity index is 850. The van der Waals surface area contributed by atoms with Crippen molar-refractivity contribution in [3.8, 4) is 0 Å². The van der Waals surface area contributed by atoms with E-state index in [2.05, 4.69) is 21.2 Å². The number of amides is 1. The molecule has 10 heteroatoms. The number of aromatic nitrogens is 4. The first-order valence-corrected chi connectivity index (χ1v) is 10.0. The smallest absolute Gasteiger partial charge is 0.246 e. The number of nitrogens with one attached hydrogen (secondary N) is 1. The van der Waals surface area contributed by atoms with E-state index in [4.69, 9.17) is 9.98 Å². The summed E-state index contributed by atoms with van der Waals surface area (Å²) in [7, 11) is 1.86. The monoisotopic (exact) mass is 512 g/mol. The molecule has 29 heavy (non-hydrogen) atoms. The number of piperazine rings is 1. The molecule has 2 aliphatic heterocycles. The molecular formula is C19H29IN8O. The van der Waals surface area contributed by atoms with Crippen molar-refractivity contribution in [3.05, 3.63) is 30.1 Å². The molecule has 0 aliphatic carbocycles. The molecule has 0 saturated carbocycles. The summed E-state index contributed by atoms with van der Waals surface area (Å²) in [5, 5.41) is 7.48. The van der Waals surface area contributed by atoms with E-state index in [1.807, 2.05) is 25.1 Å². The van der Waals surface area contributed by atoms with Crippen LogP contribution in [0.1, 0.15) is 31.3 Å². The van der Waals surface area contributed by atoms with Crippen molar-refractivity contribution in [2.24, 2.45) is 12.0 Å². The lowest BCUT2D eigenvalue weighted by molar-refractivity contribution is -0.120. The minimum absolute atomic E-state index is 0. The number of hydrogen-bond donors (Lipinski definition) is 1. The Labute approximate surface area is 188 Å². The minimum atomic E-state index is 0. The maximum atomic E-state index is 12.7. The second-order valence-corrected chi connectivity index (χ2v) is 7.31. The Hall–Kier alpha value is -2.11. The number of anilines is 1. The number of guanidine groups is 1. The molecule has 1 fully saturated rings. The molecule has 1 amide bonds. The molecule has 1 saturated heterocycles. The fraction of sp³-hybridized carbons (Fsp3) is 0.579. The summed E-state index contributed by atoms with van der Waals surface area (Å²) in [6, 6.07) is 0. The summed E-state index contributed by atoms with van der Waals surface area (Å²) < 4.78 is 3.96. The Morgan fingerprint density at radius 2 is 2.10 bits per heavy atom. The quantitative estimate of drug-likeness (QED) is 0.381. The number of aliphatic imine (C=N–C) groups is 1. The third-order valence-corrected chi connectivity index (χ3v) is 5.21. The predicted octanol–water partition coefficient (Wildman–Crippen LogP) is 1.39. The highest BCUT2D eigenvalue weighted by Crippen LogP contribution is 2.17.